The lowest BCUT2D eigenvalue weighted by Gasteiger charge is -2.38. The number of rotatable bonds is 7. The zero-order valence-corrected chi connectivity index (χ0v) is 23.6. The van der Waals surface area contributed by atoms with Gasteiger partial charge in [-0.25, -0.2) is 9.67 Å². The van der Waals surface area contributed by atoms with Gasteiger partial charge in [0.25, 0.3) is 5.56 Å². The minimum absolute atomic E-state index is 0.108. The molecule has 1 atom stereocenters. The fourth-order valence-corrected chi connectivity index (χ4v) is 6.73. The van der Waals surface area contributed by atoms with Crippen LogP contribution in [0.5, 0.6) is 0 Å². The maximum atomic E-state index is 13.7. The predicted molar refractivity (Wildman–Crippen MR) is 163 cm³/mol. The number of nitrogens with zero attached hydrogens (tertiary/aromatic N) is 7. The van der Waals surface area contributed by atoms with Gasteiger partial charge in [-0.1, -0.05) is 72.0 Å². The number of piperazine rings is 1. The molecular weight excluding hydrogens is 532 g/mol. The summed E-state index contributed by atoms with van der Waals surface area (Å²) in [7, 11) is 0. The standard InChI is InChI=1S/C31H30N8OS/c1-21-8-7-11-23-20-24(30(40)33-27(21)23)28(29-34-35-36-39(29)15-14-22-9-3-2-4-10-22)37-16-18-38(19-17-37)31-32-25-12-5-6-13-26(25)41-31/h2-13,20,28H,14-19H2,1H3,(H,33,40). The average molecular weight is 563 g/mol. The first-order chi connectivity index (χ1) is 20.1. The van der Waals surface area contributed by atoms with E-state index in [1.807, 2.05) is 60.1 Å². The Morgan fingerprint density at radius 2 is 1.76 bits per heavy atom. The van der Waals surface area contributed by atoms with E-state index in [1.54, 1.807) is 11.3 Å². The number of pyridine rings is 1. The largest absolute Gasteiger partial charge is 0.345 e. The smallest absolute Gasteiger partial charge is 0.253 e. The molecule has 1 N–H and O–H groups in total. The van der Waals surface area contributed by atoms with Crippen LogP contribution in [0.25, 0.3) is 21.1 Å². The Balaban J connectivity index is 1.23. The van der Waals surface area contributed by atoms with Crippen LogP contribution in [0, 0.1) is 6.92 Å². The molecule has 206 valence electrons. The molecule has 0 spiro atoms. The summed E-state index contributed by atoms with van der Waals surface area (Å²) in [5, 5.41) is 15.0. The van der Waals surface area contributed by atoms with Crippen LogP contribution < -0.4 is 10.5 Å². The average Bonchev–Trinajstić information content (AvgIpc) is 3.65. The molecule has 0 aliphatic carbocycles. The minimum atomic E-state index is -0.382. The van der Waals surface area contributed by atoms with Crippen molar-refractivity contribution >= 4 is 37.6 Å². The first-order valence-electron chi connectivity index (χ1n) is 13.9. The topological polar surface area (TPSA) is 95.8 Å². The van der Waals surface area contributed by atoms with Gasteiger partial charge in [0.15, 0.2) is 11.0 Å². The molecule has 0 saturated carbocycles. The van der Waals surface area contributed by atoms with Gasteiger partial charge in [-0.2, -0.15) is 0 Å². The number of hydrogen-bond donors (Lipinski definition) is 1. The van der Waals surface area contributed by atoms with Crippen LogP contribution in [-0.2, 0) is 13.0 Å². The molecule has 0 radical (unpaired) electrons. The van der Waals surface area contributed by atoms with Gasteiger partial charge in [-0.15, -0.1) is 5.10 Å². The van der Waals surface area contributed by atoms with Crippen molar-refractivity contribution < 1.29 is 0 Å². The van der Waals surface area contributed by atoms with Crippen molar-refractivity contribution in [2.75, 3.05) is 31.1 Å². The molecule has 9 nitrogen and oxygen atoms in total. The number of aromatic nitrogens is 6. The first kappa shape index (κ1) is 25.6. The highest BCUT2D eigenvalue weighted by Crippen LogP contribution is 2.32. The van der Waals surface area contributed by atoms with E-state index in [1.165, 1.54) is 10.3 Å². The number of anilines is 1. The van der Waals surface area contributed by atoms with Gasteiger partial charge >= 0.3 is 0 Å². The Hall–Kier alpha value is -4.41. The Morgan fingerprint density at radius 3 is 2.59 bits per heavy atom. The summed E-state index contributed by atoms with van der Waals surface area (Å²) in [6, 6.07) is 26.3. The Morgan fingerprint density at radius 1 is 0.951 bits per heavy atom. The molecule has 3 aromatic heterocycles. The van der Waals surface area contributed by atoms with E-state index in [0.29, 0.717) is 17.9 Å². The zero-order valence-electron chi connectivity index (χ0n) is 22.8. The third kappa shape index (κ3) is 5.00. The van der Waals surface area contributed by atoms with E-state index in [4.69, 9.17) is 4.98 Å². The number of H-pyrrole nitrogens is 1. The fourth-order valence-electron chi connectivity index (χ4n) is 5.72. The molecule has 10 heteroatoms. The second kappa shape index (κ2) is 10.9. The molecule has 41 heavy (non-hydrogen) atoms. The van der Waals surface area contributed by atoms with Crippen LogP contribution in [-0.4, -0.2) is 61.3 Å². The Bertz CT molecular complexity index is 1840. The van der Waals surface area contributed by atoms with Gasteiger partial charge in [-0.3, -0.25) is 9.69 Å². The van der Waals surface area contributed by atoms with E-state index < -0.39 is 0 Å². The van der Waals surface area contributed by atoms with Gasteiger partial charge < -0.3 is 9.88 Å². The van der Waals surface area contributed by atoms with E-state index in [0.717, 1.165) is 59.7 Å². The molecule has 3 aromatic carbocycles. The summed E-state index contributed by atoms with van der Waals surface area (Å²) in [6.07, 6.45) is 0.796. The molecule has 1 unspecified atom stereocenters. The molecule has 7 rings (SSSR count). The van der Waals surface area contributed by atoms with Gasteiger partial charge in [0.2, 0.25) is 0 Å². The number of para-hydroxylation sites is 2. The molecule has 1 saturated heterocycles. The highest BCUT2D eigenvalue weighted by molar-refractivity contribution is 7.22. The molecule has 6 aromatic rings. The zero-order chi connectivity index (χ0) is 27.8. The van der Waals surface area contributed by atoms with Crippen LogP contribution in [0.1, 0.15) is 28.6 Å². The van der Waals surface area contributed by atoms with Crippen LogP contribution in [0.2, 0.25) is 0 Å². The van der Waals surface area contributed by atoms with Crippen molar-refractivity contribution in [3.8, 4) is 0 Å². The fraction of sp³-hybridized carbons (Fsp3) is 0.258. The van der Waals surface area contributed by atoms with Crippen molar-refractivity contribution in [2.45, 2.75) is 25.9 Å². The summed E-state index contributed by atoms with van der Waals surface area (Å²) >= 11 is 1.72. The van der Waals surface area contributed by atoms with Gasteiger partial charge in [-0.05, 0) is 58.5 Å². The third-order valence-electron chi connectivity index (χ3n) is 7.90. The summed E-state index contributed by atoms with van der Waals surface area (Å²) in [5.41, 5.74) is 4.71. The number of tetrazole rings is 1. The van der Waals surface area contributed by atoms with Crippen molar-refractivity contribution in [3.63, 3.8) is 0 Å². The molecule has 0 amide bonds. The van der Waals surface area contributed by atoms with Gasteiger partial charge in [0.1, 0.15) is 6.04 Å². The lowest BCUT2D eigenvalue weighted by molar-refractivity contribution is 0.199. The summed E-state index contributed by atoms with van der Waals surface area (Å²) in [5.74, 6) is 0.687. The lowest BCUT2D eigenvalue weighted by Crippen LogP contribution is -2.49. The highest BCUT2D eigenvalue weighted by atomic mass is 32.1. The molecule has 1 aliphatic rings. The molecule has 0 bridgehead atoms. The Labute approximate surface area is 241 Å². The van der Waals surface area contributed by atoms with Gasteiger partial charge in [0, 0.05) is 38.3 Å². The minimum Gasteiger partial charge on any atom is -0.345 e. The number of fused-ring (bicyclic) bond motifs is 2. The second-order valence-corrected chi connectivity index (χ2v) is 11.5. The number of aromatic amines is 1. The van der Waals surface area contributed by atoms with Crippen LogP contribution in [0.3, 0.4) is 0 Å². The van der Waals surface area contributed by atoms with Crippen molar-refractivity contribution in [3.05, 3.63) is 112 Å². The SMILES string of the molecule is Cc1cccc2cc(C(c3nnnn3CCc3ccccc3)N3CCN(c4nc5ccccc5s4)CC3)c(=O)[nH]c12. The number of hydrogen-bond acceptors (Lipinski definition) is 8. The van der Waals surface area contributed by atoms with Gasteiger partial charge in [0.05, 0.1) is 15.7 Å². The predicted octanol–water partition coefficient (Wildman–Crippen LogP) is 4.59. The van der Waals surface area contributed by atoms with Crippen LogP contribution >= 0.6 is 11.3 Å². The van der Waals surface area contributed by atoms with Crippen molar-refractivity contribution in [1.29, 1.82) is 0 Å². The summed E-state index contributed by atoms with van der Waals surface area (Å²) in [6.45, 7) is 5.73. The van der Waals surface area contributed by atoms with Crippen molar-refractivity contribution in [2.24, 2.45) is 0 Å². The summed E-state index contributed by atoms with van der Waals surface area (Å²) < 4.78 is 3.05. The maximum absolute atomic E-state index is 13.7. The molecule has 4 heterocycles. The van der Waals surface area contributed by atoms with Crippen LogP contribution in [0.4, 0.5) is 5.13 Å². The normalized spacial score (nSPS) is 15.1. The number of benzene rings is 3. The monoisotopic (exact) mass is 562 g/mol. The molecular formula is C31H30N8OS. The van der Waals surface area contributed by atoms with E-state index in [-0.39, 0.29) is 11.6 Å². The third-order valence-corrected chi connectivity index (χ3v) is 9.00. The number of nitrogens with one attached hydrogen (secondary N) is 1. The second-order valence-electron chi connectivity index (χ2n) is 10.5. The molecule has 1 aliphatic heterocycles. The van der Waals surface area contributed by atoms with E-state index in [2.05, 4.69) is 60.6 Å². The lowest BCUT2D eigenvalue weighted by atomic mass is 10.0. The van der Waals surface area contributed by atoms with E-state index in [9.17, 15) is 4.79 Å². The highest BCUT2D eigenvalue weighted by Gasteiger charge is 2.33. The number of thiazole rings is 1. The number of aryl methyl sites for hydroxylation is 3. The quantitative estimate of drug-likeness (QED) is 0.304. The Kier molecular flexibility index (Phi) is 6.77. The van der Waals surface area contributed by atoms with Crippen LogP contribution in [0.15, 0.2) is 83.7 Å². The first-order valence-corrected chi connectivity index (χ1v) is 14.7. The van der Waals surface area contributed by atoms with E-state index >= 15 is 0 Å². The van der Waals surface area contributed by atoms with Crippen molar-refractivity contribution in [1.82, 2.24) is 35.1 Å². The molecule has 1 fully saturated rings. The summed E-state index contributed by atoms with van der Waals surface area (Å²) in [4.78, 5) is 26.4. The maximum Gasteiger partial charge on any atom is 0.253 e.